The van der Waals surface area contributed by atoms with Gasteiger partial charge in [-0.3, -0.25) is 4.79 Å². The first kappa shape index (κ1) is 17.8. The van der Waals surface area contributed by atoms with Crippen molar-refractivity contribution in [2.45, 2.75) is 33.1 Å². The maximum absolute atomic E-state index is 12.1. The number of aliphatic hydroxyl groups excluding tert-OH is 1. The SMILES string of the molecule is COc1ccc(Cl)cc1CC(=O)NCC(C)(C)CCCO. The van der Waals surface area contributed by atoms with Crippen LogP contribution in [0.4, 0.5) is 0 Å². The van der Waals surface area contributed by atoms with Gasteiger partial charge in [0.25, 0.3) is 0 Å². The van der Waals surface area contributed by atoms with Crippen molar-refractivity contribution in [2.75, 3.05) is 20.3 Å². The van der Waals surface area contributed by atoms with Crippen LogP contribution in [0.15, 0.2) is 18.2 Å². The molecule has 0 aliphatic rings. The normalized spacial score (nSPS) is 11.3. The van der Waals surface area contributed by atoms with Gasteiger partial charge in [-0.25, -0.2) is 0 Å². The number of aliphatic hydroxyl groups is 1. The van der Waals surface area contributed by atoms with Gasteiger partial charge in [-0.05, 0) is 36.5 Å². The van der Waals surface area contributed by atoms with Gasteiger partial charge in [-0.2, -0.15) is 0 Å². The largest absolute Gasteiger partial charge is 0.496 e. The summed E-state index contributed by atoms with van der Waals surface area (Å²) in [5, 5.41) is 12.4. The molecule has 0 saturated heterocycles. The molecular formula is C16H24ClNO3. The van der Waals surface area contributed by atoms with Gasteiger partial charge in [0, 0.05) is 23.7 Å². The molecule has 4 nitrogen and oxygen atoms in total. The summed E-state index contributed by atoms with van der Waals surface area (Å²) in [6.45, 7) is 4.90. The molecule has 0 unspecified atom stereocenters. The maximum Gasteiger partial charge on any atom is 0.224 e. The van der Waals surface area contributed by atoms with E-state index in [1.54, 1.807) is 25.3 Å². The van der Waals surface area contributed by atoms with Gasteiger partial charge in [0.1, 0.15) is 5.75 Å². The van der Waals surface area contributed by atoms with Crippen LogP contribution in [-0.2, 0) is 11.2 Å². The van der Waals surface area contributed by atoms with Crippen LogP contribution in [-0.4, -0.2) is 31.3 Å². The molecule has 0 aromatic heterocycles. The van der Waals surface area contributed by atoms with Gasteiger partial charge in [-0.15, -0.1) is 0 Å². The second-order valence-electron chi connectivity index (χ2n) is 5.90. The highest BCUT2D eigenvalue weighted by molar-refractivity contribution is 6.30. The highest BCUT2D eigenvalue weighted by Gasteiger charge is 2.19. The van der Waals surface area contributed by atoms with Crippen LogP contribution in [0.5, 0.6) is 5.75 Å². The lowest BCUT2D eigenvalue weighted by Crippen LogP contribution is -2.35. The van der Waals surface area contributed by atoms with E-state index in [9.17, 15) is 4.79 Å². The third kappa shape index (κ3) is 6.36. The molecule has 0 atom stereocenters. The number of nitrogens with one attached hydrogen (secondary N) is 1. The van der Waals surface area contributed by atoms with Crippen LogP contribution in [0.2, 0.25) is 5.02 Å². The third-order valence-corrected chi connectivity index (χ3v) is 3.60. The number of ether oxygens (including phenoxy) is 1. The summed E-state index contributed by atoms with van der Waals surface area (Å²) in [6.07, 6.45) is 1.84. The Morgan fingerprint density at radius 3 is 2.76 bits per heavy atom. The zero-order valence-electron chi connectivity index (χ0n) is 12.9. The Hall–Kier alpha value is -1.26. The molecule has 0 saturated carbocycles. The number of hydrogen-bond acceptors (Lipinski definition) is 3. The van der Waals surface area contributed by atoms with E-state index in [1.807, 2.05) is 0 Å². The van der Waals surface area contributed by atoms with Crippen molar-refractivity contribution in [3.05, 3.63) is 28.8 Å². The first-order valence-electron chi connectivity index (χ1n) is 7.08. The predicted octanol–water partition coefficient (Wildman–Crippen LogP) is 2.81. The number of amides is 1. The van der Waals surface area contributed by atoms with Crippen molar-refractivity contribution in [2.24, 2.45) is 5.41 Å². The molecule has 0 bridgehead atoms. The predicted molar refractivity (Wildman–Crippen MR) is 84.8 cm³/mol. The number of carbonyl (C=O) groups excluding carboxylic acids is 1. The van der Waals surface area contributed by atoms with Crippen LogP contribution in [0, 0.1) is 5.41 Å². The summed E-state index contributed by atoms with van der Waals surface area (Å²) >= 11 is 5.95. The average molecular weight is 314 g/mol. The van der Waals surface area contributed by atoms with Gasteiger partial charge in [-0.1, -0.05) is 25.4 Å². The first-order chi connectivity index (χ1) is 9.88. The van der Waals surface area contributed by atoms with E-state index in [4.69, 9.17) is 21.4 Å². The molecule has 118 valence electrons. The molecule has 0 fully saturated rings. The number of methoxy groups -OCH3 is 1. The van der Waals surface area contributed by atoms with Crippen LogP contribution >= 0.6 is 11.6 Å². The van der Waals surface area contributed by atoms with E-state index in [2.05, 4.69) is 19.2 Å². The van der Waals surface area contributed by atoms with Crippen molar-refractivity contribution in [3.8, 4) is 5.75 Å². The van der Waals surface area contributed by atoms with Gasteiger partial charge >= 0.3 is 0 Å². The van der Waals surface area contributed by atoms with Crippen LogP contribution < -0.4 is 10.1 Å². The lowest BCUT2D eigenvalue weighted by Gasteiger charge is -2.24. The minimum absolute atomic E-state index is 0.0309. The van der Waals surface area contributed by atoms with Crippen molar-refractivity contribution in [1.29, 1.82) is 0 Å². The number of halogens is 1. The highest BCUT2D eigenvalue weighted by Crippen LogP contribution is 2.24. The monoisotopic (exact) mass is 313 g/mol. The smallest absolute Gasteiger partial charge is 0.224 e. The standard InChI is InChI=1S/C16H24ClNO3/c1-16(2,7-4-8-19)11-18-15(20)10-12-9-13(17)5-6-14(12)21-3/h5-6,9,19H,4,7-8,10-11H2,1-3H3,(H,18,20). The van der Waals surface area contributed by atoms with Crippen molar-refractivity contribution >= 4 is 17.5 Å². The topological polar surface area (TPSA) is 58.6 Å². The Morgan fingerprint density at radius 2 is 2.14 bits per heavy atom. The van der Waals surface area contributed by atoms with Crippen LogP contribution in [0.3, 0.4) is 0 Å². The molecule has 2 N–H and O–H groups in total. The second-order valence-corrected chi connectivity index (χ2v) is 6.34. The lowest BCUT2D eigenvalue weighted by molar-refractivity contribution is -0.120. The van der Waals surface area contributed by atoms with E-state index >= 15 is 0 Å². The summed E-state index contributed by atoms with van der Waals surface area (Å²) in [5.41, 5.74) is 0.743. The molecule has 1 aromatic carbocycles. The quantitative estimate of drug-likeness (QED) is 0.776. The number of benzene rings is 1. The van der Waals surface area contributed by atoms with Gasteiger partial charge in [0.05, 0.1) is 13.5 Å². The molecular weight excluding hydrogens is 290 g/mol. The Kier molecular flexibility index (Phi) is 6.99. The zero-order valence-corrected chi connectivity index (χ0v) is 13.7. The Balaban J connectivity index is 2.56. The molecule has 0 aliphatic carbocycles. The molecule has 5 heteroatoms. The van der Waals surface area contributed by atoms with Crippen molar-refractivity contribution in [3.63, 3.8) is 0 Å². The Labute approximate surface area is 131 Å². The van der Waals surface area contributed by atoms with Gasteiger partial charge in [0.15, 0.2) is 0 Å². The molecule has 0 aliphatic heterocycles. The summed E-state index contributed by atoms with van der Waals surface area (Å²) in [5.74, 6) is 0.599. The molecule has 21 heavy (non-hydrogen) atoms. The first-order valence-corrected chi connectivity index (χ1v) is 7.46. The summed E-state index contributed by atoms with van der Waals surface area (Å²) in [7, 11) is 1.57. The minimum atomic E-state index is -0.0624. The molecule has 1 amide bonds. The maximum atomic E-state index is 12.1. The molecule has 0 heterocycles. The van der Waals surface area contributed by atoms with E-state index < -0.39 is 0 Å². The fraction of sp³-hybridized carbons (Fsp3) is 0.562. The summed E-state index contributed by atoms with van der Waals surface area (Å²) in [4.78, 5) is 12.1. The van der Waals surface area contributed by atoms with Crippen LogP contribution in [0.25, 0.3) is 0 Å². The zero-order chi connectivity index (χ0) is 15.9. The fourth-order valence-corrected chi connectivity index (χ4v) is 2.30. The van der Waals surface area contributed by atoms with E-state index in [0.717, 1.165) is 18.4 Å². The minimum Gasteiger partial charge on any atom is -0.496 e. The average Bonchev–Trinajstić information content (AvgIpc) is 2.43. The lowest BCUT2D eigenvalue weighted by atomic mass is 9.88. The van der Waals surface area contributed by atoms with Gasteiger partial charge in [0.2, 0.25) is 5.91 Å². The number of rotatable bonds is 8. The fourth-order valence-electron chi connectivity index (χ4n) is 2.10. The second kappa shape index (κ2) is 8.25. The molecule has 0 spiro atoms. The Bertz CT molecular complexity index is 475. The van der Waals surface area contributed by atoms with E-state index in [1.165, 1.54) is 0 Å². The van der Waals surface area contributed by atoms with Crippen molar-refractivity contribution in [1.82, 2.24) is 5.32 Å². The molecule has 1 rings (SSSR count). The summed E-state index contributed by atoms with van der Waals surface area (Å²) in [6, 6.07) is 5.24. The van der Waals surface area contributed by atoms with E-state index in [-0.39, 0.29) is 24.3 Å². The third-order valence-electron chi connectivity index (χ3n) is 3.37. The van der Waals surface area contributed by atoms with Gasteiger partial charge < -0.3 is 15.2 Å². The number of carbonyl (C=O) groups is 1. The molecule has 1 aromatic rings. The highest BCUT2D eigenvalue weighted by atomic mass is 35.5. The Morgan fingerprint density at radius 1 is 1.43 bits per heavy atom. The molecule has 0 radical (unpaired) electrons. The van der Waals surface area contributed by atoms with Crippen molar-refractivity contribution < 1.29 is 14.6 Å². The van der Waals surface area contributed by atoms with Crippen LogP contribution in [0.1, 0.15) is 32.3 Å². The van der Waals surface area contributed by atoms with E-state index in [0.29, 0.717) is 17.3 Å². The number of hydrogen-bond donors (Lipinski definition) is 2. The summed E-state index contributed by atoms with van der Waals surface area (Å²) < 4.78 is 5.23.